The van der Waals surface area contributed by atoms with E-state index in [1.165, 1.54) is 9.75 Å². The zero-order chi connectivity index (χ0) is 13.6. The lowest BCUT2D eigenvalue weighted by Gasteiger charge is -2.03. The van der Waals surface area contributed by atoms with E-state index < -0.39 is 0 Å². The van der Waals surface area contributed by atoms with Crippen LogP contribution in [0.5, 0.6) is 0 Å². The molecule has 6 heteroatoms. The van der Waals surface area contributed by atoms with E-state index in [9.17, 15) is 0 Å². The number of nitrogens with zero attached hydrogens (tertiary/aromatic N) is 1. The number of rotatable bonds is 2. The highest BCUT2D eigenvalue weighted by molar-refractivity contribution is 7.71. The lowest BCUT2D eigenvalue weighted by molar-refractivity contribution is 0.823. The Hall–Kier alpha value is -0.810. The molecular formula is C13H10Cl2N2S2. The first-order valence-electron chi connectivity index (χ1n) is 5.67. The molecule has 0 atom stereocenters. The van der Waals surface area contributed by atoms with E-state index in [2.05, 4.69) is 24.0 Å². The number of thiophene rings is 1. The van der Waals surface area contributed by atoms with Crippen molar-refractivity contribution >= 4 is 57.8 Å². The molecule has 0 bridgehead atoms. The van der Waals surface area contributed by atoms with E-state index in [0.29, 0.717) is 14.8 Å². The number of halogens is 2. The maximum absolute atomic E-state index is 6.09. The molecule has 2 aromatic heterocycles. The fourth-order valence-electron chi connectivity index (χ4n) is 2.03. The second kappa shape index (κ2) is 4.94. The van der Waals surface area contributed by atoms with Crippen molar-refractivity contribution < 1.29 is 0 Å². The van der Waals surface area contributed by atoms with Gasteiger partial charge in [0.2, 0.25) is 0 Å². The van der Waals surface area contributed by atoms with Crippen LogP contribution < -0.4 is 0 Å². The zero-order valence-corrected chi connectivity index (χ0v) is 13.2. The van der Waals surface area contributed by atoms with Crippen LogP contribution in [0.1, 0.15) is 9.75 Å². The maximum atomic E-state index is 6.09. The summed E-state index contributed by atoms with van der Waals surface area (Å²) >= 11 is 19.2. The minimum atomic E-state index is 0.532. The van der Waals surface area contributed by atoms with Gasteiger partial charge in [-0.05, 0) is 43.4 Å². The van der Waals surface area contributed by atoms with E-state index in [1.54, 1.807) is 11.3 Å². The minimum absolute atomic E-state index is 0.532. The Kier molecular flexibility index (Phi) is 3.43. The molecule has 19 heavy (non-hydrogen) atoms. The van der Waals surface area contributed by atoms with Gasteiger partial charge in [0, 0.05) is 9.75 Å². The summed E-state index contributed by atoms with van der Waals surface area (Å²) in [5, 5.41) is 1.07. The Morgan fingerprint density at radius 2 is 2.00 bits per heavy atom. The molecule has 3 rings (SSSR count). The average Bonchev–Trinajstić information content (AvgIpc) is 2.87. The van der Waals surface area contributed by atoms with Crippen molar-refractivity contribution in [3.8, 4) is 0 Å². The maximum Gasteiger partial charge on any atom is 0.178 e. The number of hydrogen-bond acceptors (Lipinski definition) is 2. The number of hydrogen-bond donors (Lipinski definition) is 1. The molecule has 0 saturated carbocycles. The lowest BCUT2D eigenvalue weighted by Crippen LogP contribution is -1.97. The molecule has 0 aliphatic heterocycles. The number of fused-ring (bicyclic) bond motifs is 1. The Bertz CT molecular complexity index is 814. The van der Waals surface area contributed by atoms with Gasteiger partial charge in [-0.25, -0.2) is 0 Å². The fraction of sp³-hybridized carbons (Fsp3) is 0.154. The van der Waals surface area contributed by atoms with Gasteiger partial charge in [-0.1, -0.05) is 23.2 Å². The first-order valence-corrected chi connectivity index (χ1v) is 7.65. The van der Waals surface area contributed by atoms with Gasteiger partial charge in [-0.3, -0.25) is 0 Å². The quantitative estimate of drug-likeness (QED) is 0.622. The van der Waals surface area contributed by atoms with Crippen molar-refractivity contribution in [3.63, 3.8) is 0 Å². The summed E-state index contributed by atoms with van der Waals surface area (Å²) in [5.41, 5.74) is 1.89. The highest BCUT2D eigenvalue weighted by Gasteiger charge is 2.09. The molecule has 0 fully saturated rings. The SMILES string of the molecule is Cc1ccc(Cn2c(=S)[nH]c3cc(Cl)c(Cl)cc32)s1. The molecule has 3 aromatic rings. The summed E-state index contributed by atoms with van der Waals surface area (Å²) in [6, 6.07) is 7.90. The molecule has 0 spiro atoms. The third-order valence-electron chi connectivity index (χ3n) is 2.93. The number of nitrogens with one attached hydrogen (secondary N) is 1. The summed E-state index contributed by atoms with van der Waals surface area (Å²) in [6.45, 7) is 2.84. The van der Waals surface area contributed by atoms with Crippen LogP contribution in [-0.4, -0.2) is 9.55 Å². The molecule has 0 amide bonds. The predicted octanol–water partition coefficient (Wildman–Crippen LogP) is 5.42. The number of aryl methyl sites for hydroxylation is 1. The summed E-state index contributed by atoms with van der Waals surface area (Å²) in [5.74, 6) is 0. The van der Waals surface area contributed by atoms with E-state index in [0.717, 1.165) is 17.6 Å². The summed E-state index contributed by atoms with van der Waals surface area (Å²) in [4.78, 5) is 5.72. The predicted molar refractivity (Wildman–Crippen MR) is 85.3 cm³/mol. The summed E-state index contributed by atoms with van der Waals surface area (Å²) in [6.07, 6.45) is 0. The van der Waals surface area contributed by atoms with Crippen LogP contribution in [-0.2, 0) is 6.54 Å². The van der Waals surface area contributed by atoms with Crippen molar-refractivity contribution in [2.24, 2.45) is 0 Å². The fourth-order valence-corrected chi connectivity index (χ4v) is 3.51. The zero-order valence-electron chi connectivity index (χ0n) is 10.0. The van der Waals surface area contributed by atoms with E-state index >= 15 is 0 Å². The van der Waals surface area contributed by atoms with Crippen molar-refractivity contribution in [1.29, 1.82) is 0 Å². The van der Waals surface area contributed by atoms with Gasteiger partial charge in [0.1, 0.15) is 0 Å². The normalized spacial score (nSPS) is 11.3. The summed E-state index contributed by atoms with van der Waals surface area (Å²) < 4.78 is 2.72. The molecule has 0 aliphatic carbocycles. The third kappa shape index (κ3) is 2.46. The third-order valence-corrected chi connectivity index (χ3v) is 4.96. The Morgan fingerprint density at radius 3 is 2.68 bits per heavy atom. The van der Waals surface area contributed by atoms with E-state index in [1.807, 2.05) is 16.7 Å². The van der Waals surface area contributed by atoms with Gasteiger partial charge in [0.15, 0.2) is 4.77 Å². The largest absolute Gasteiger partial charge is 0.331 e. The van der Waals surface area contributed by atoms with Crippen molar-refractivity contribution in [2.45, 2.75) is 13.5 Å². The molecule has 2 nitrogen and oxygen atoms in total. The smallest absolute Gasteiger partial charge is 0.178 e. The molecule has 1 N–H and O–H groups in total. The van der Waals surface area contributed by atoms with Crippen LogP contribution in [0.15, 0.2) is 24.3 Å². The van der Waals surface area contributed by atoms with Crippen LogP contribution in [0.4, 0.5) is 0 Å². The second-order valence-corrected chi connectivity index (χ2v) is 6.89. The van der Waals surface area contributed by atoms with Crippen LogP contribution in [0, 0.1) is 11.7 Å². The molecule has 0 radical (unpaired) electrons. The number of benzene rings is 1. The number of H-pyrrole nitrogens is 1. The molecular weight excluding hydrogens is 319 g/mol. The highest BCUT2D eigenvalue weighted by Crippen LogP contribution is 2.28. The van der Waals surface area contributed by atoms with Gasteiger partial charge < -0.3 is 9.55 Å². The number of imidazole rings is 1. The van der Waals surface area contributed by atoms with Crippen LogP contribution in [0.25, 0.3) is 11.0 Å². The van der Waals surface area contributed by atoms with Crippen molar-refractivity contribution in [3.05, 3.63) is 48.8 Å². The van der Waals surface area contributed by atoms with E-state index in [-0.39, 0.29) is 0 Å². The van der Waals surface area contributed by atoms with Gasteiger partial charge in [0.25, 0.3) is 0 Å². The highest BCUT2D eigenvalue weighted by atomic mass is 35.5. The van der Waals surface area contributed by atoms with Gasteiger partial charge in [-0.15, -0.1) is 11.3 Å². The monoisotopic (exact) mass is 328 g/mol. The first-order chi connectivity index (χ1) is 9.04. The molecule has 0 saturated heterocycles. The molecule has 98 valence electrons. The first kappa shape index (κ1) is 13.2. The molecule has 0 aliphatic rings. The topological polar surface area (TPSA) is 20.7 Å². The second-order valence-electron chi connectivity index (χ2n) is 4.31. The van der Waals surface area contributed by atoms with Crippen molar-refractivity contribution in [1.82, 2.24) is 9.55 Å². The van der Waals surface area contributed by atoms with Crippen LogP contribution in [0.2, 0.25) is 10.0 Å². The average molecular weight is 329 g/mol. The van der Waals surface area contributed by atoms with Gasteiger partial charge >= 0.3 is 0 Å². The molecule has 2 heterocycles. The lowest BCUT2D eigenvalue weighted by atomic mass is 10.3. The minimum Gasteiger partial charge on any atom is -0.331 e. The standard InChI is InChI=1S/C13H10Cl2N2S2/c1-7-2-3-8(19-7)6-17-12-5-10(15)9(14)4-11(12)16-13(17)18/h2-5H,6H2,1H3,(H,16,18). The Labute approximate surface area is 129 Å². The van der Waals surface area contributed by atoms with Crippen LogP contribution in [0.3, 0.4) is 0 Å². The van der Waals surface area contributed by atoms with Crippen molar-refractivity contribution in [2.75, 3.05) is 0 Å². The molecule has 0 unspecified atom stereocenters. The van der Waals surface area contributed by atoms with Gasteiger partial charge in [-0.2, -0.15) is 0 Å². The Morgan fingerprint density at radius 1 is 1.26 bits per heavy atom. The Balaban J connectivity index is 2.15. The van der Waals surface area contributed by atoms with E-state index in [4.69, 9.17) is 35.4 Å². The molecule has 1 aromatic carbocycles. The van der Waals surface area contributed by atoms with Gasteiger partial charge in [0.05, 0.1) is 27.6 Å². The summed E-state index contributed by atoms with van der Waals surface area (Å²) in [7, 11) is 0. The number of aromatic nitrogens is 2. The number of aromatic amines is 1. The van der Waals surface area contributed by atoms with Crippen LogP contribution >= 0.6 is 46.8 Å².